The normalized spacial score (nSPS) is 11.4. The first-order valence-corrected chi connectivity index (χ1v) is 10.9. The van der Waals surface area contributed by atoms with Crippen LogP contribution in [0.3, 0.4) is 0 Å². The topological polar surface area (TPSA) is 58.6 Å². The van der Waals surface area contributed by atoms with Gasteiger partial charge in [-0.15, -0.1) is 0 Å². The molecule has 0 fully saturated rings. The second-order valence-electron chi connectivity index (χ2n) is 7.71. The monoisotopic (exact) mass is 430 g/mol. The number of ether oxygens (including phenoxy) is 1. The number of benzene rings is 3. The molecule has 0 saturated carbocycles. The predicted octanol–water partition coefficient (Wildman–Crippen LogP) is 4.15. The number of carbonyl (C=O) groups is 2. The zero-order valence-electron chi connectivity index (χ0n) is 18.7. The van der Waals surface area contributed by atoms with Crippen LogP contribution in [0.4, 0.5) is 0 Å². The van der Waals surface area contributed by atoms with Crippen LogP contribution in [0.15, 0.2) is 84.9 Å². The predicted molar refractivity (Wildman–Crippen MR) is 126 cm³/mol. The van der Waals surface area contributed by atoms with Crippen molar-refractivity contribution in [2.24, 2.45) is 0 Å². The summed E-state index contributed by atoms with van der Waals surface area (Å²) in [4.78, 5) is 28.0. The van der Waals surface area contributed by atoms with E-state index in [4.69, 9.17) is 4.74 Å². The Kier molecular flexibility index (Phi) is 8.44. The van der Waals surface area contributed by atoms with Crippen LogP contribution in [0.1, 0.15) is 23.6 Å². The highest BCUT2D eigenvalue weighted by Gasteiger charge is 2.30. The molecule has 0 bridgehead atoms. The van der Waals surface area contributed by atoms with E-state index in [9.17, 15) is 9.59 Å². The van der Waals surface area contributed by atoms with Gasteiger partial charge in [0.1, 0.15) is 11.8 Å². The minimum absolute atomic E-state index is 0.138. The van der Waals surface area contributed by atoms with Gasteiger partial charge in [0.25, 0.3) is 5.91 Å². The van der Waals surface area contributed by atoms with E-state index < -0.39 is 6.04 Å². The van der Waals surface area contributed by atoms with E-state index in [1.54, 1.807) is 4.90 Å². The van der Waals surface area contributed by atoms with Crippen molar-refractivity contribution in [3.8, 4) is 5.75 Å². The van der Waals surface area contributed by atoms with Crippen LogP contribution in [0.5, 0.6) is 5.75 Å². The minimum atomic E-state index is -0.647. The summed E-state index contributed by atoms with van der Waals surface area (Å²) in [5.74, 6) is 0.221. The molecule has 5 nitrogen and oxygen atoms in total. The fourth-order valence-electron chi connectivity index (χ4n) is 3.49. The molecule has 2 amide bonds. The lowest BCUT2D eigenvalue weighted by molar-refractivity contribution is -0.142. The van der Waals surface area contributed by atoms with E-state index in [0.717, 1.165) is 16.7 Å². The first-order chi connectivity index (χ1) is 15.6. The Morgan fingerprint density at radius 1 is 0.875 bits per heavy atom. The molecule has 0 unspecified atom stereocenters. The van der Waals surface area contributed by atoms with Gasteiger partial charge in [0.15, 0.2) is 6.61 Å². The minimum Gasteiger partial charge on any atom is -0.484 e. The molecule has 0 radical (unpaired) electrons. The summed E-state index contributed by atoms with van der Waals surface area (Å²) in [5, 5.41) is 2.89. The van der Waals surface area contributed by atoms with Crippen molar-refractivity contribution in [2.45, 2.75) is 32.9 Å². The molecule has 1 N–H and O–H groups in total. The van der Waals surface area contributed by atoms with Crippen molar-refractivity contribution in [2.75, 3.05) is 13.2 Å². The number of likely N-dealkylation sites (N-methyl/N-ethyl adjacent to an activating group) is 1. The van der Waals surface area contributed by atoms with Crippen molar-refractivity contribution in [3.63, 3.8) is 0 Å². The fraction of sp³-hybridized carbons (Fsp3) is 0.259. The van der Waals surface area contributed by atoms with Gasteiger partial charge in [-0.2, -0.15) is 0 Å². The van der Waals surface area contributed by atoms with Crippen molar-refractivity contribution >= 4 is 11.8 Å². The summed E-state index contributed by atoms with van der Waals surface area (Å²) in [6.45, 7) is 4.56. The smallest absolute Gasteiger partial charge is 0.261 e. The molecular weight excluding hydrogens is 400 g/mol. The first-order valence-electron chi connectivity index (χ1n) is 10.9. The van der Waals surface area contributed by atoms with Gasteiger partial charge in [-0.05, 0) is 37.1 Å². The Hall–Kier alpha value is -3.60. The fourth-order valence-corrected chi connectivity index (χ4v) is 3.49. The van der Waals surface area contributed by atoms with E-state index in [-0.39, 0.29) is 18.4 Å². The summed E-state index contributed by atoms with van der Waals surface area (Å²) < 4.78 is 5.76. The Bertz CT molecular complexity index is 988. The van der Waals surface area contributed by atoms with Crippen LogP contribution in [0.25, 0.3) is 0 Å². The molecule has 1 atom stereocenters. The molecule has 0 heterocycles. The van der Waals surface area contributed by atoms with E-state index in [0.29, 0.717) is 25.3 Å². The molecule has 3 aromatic rings. The van der Waals surface area contributed by atoms with E-state index in [1.165, 1.54) is 0 Å². The second kappa shape index (κ2) is 11.7. The molecule has 0 aromatic heterocycles. The third-order valence-corrected chi connectivity index (χ3v) is 5.20. The highest BCUT2D eigenvalue weighted by Crippen LogP contribution is 2.16. The van der Waals surface area contributed by atoms with Gasteiger partial charge in [0.05, 0.1) is 0 Å². The molecule has 3 rings (SSSR count). The van der Waals surface area contributed by atoms with Crippen LogP contribution in [0, 0.1) is 6.92 Å². The molecule has 0 aliphatic rings. The number of hydrogen-bond acceptors (Lipinski definition) is 3. The zero-order valence-corrected chi connectivity index (χ0v) is 18.7. The highest BCUT2D eigenvalue weighted by atomic mass is 16.5. The van der Waals surface area contributed by atoms with Gasteiger partial charge >= 0.3 is 0 Å². The Morgan fingerprint density at radius 2 is 1.47 bits per heavy atom. The number of rotatable bonds is 10. The average Bonchev–Trinajstić information content (AvgIpc) is 2.82. The number of hydrogen-bond donors (Lipinski definition) is 1. The van der Waals surface area contributed by atoms with Gasteiger partial charge in [-0.25, -0.2) is 0 Å². The molecule has 0 aliphatic heterocycles. The summed E-state index contributed by atoms with van der Waals surface area (Å²) in [5.41, 5.74) is 3.07. The largest absolute Gasteiger partial charge is 0.484 e. The van der Waals surface area contributed by atoms with Crippen molar-refractivity contribution < 1.29 is 14.3 Å². The number of nitrogens with zero attached hydrogens (tertiary/aromatic N) is 1. The van der Waals surface area contributed by atoms with Crippen LogP contribution in [-0.4, -0.2) is 35.9 Å². The number of amides is 2. The summed E-state index contributed by atoms with van der Waals surface area (Å²) in [6, 6.07) is 26.4. The second-order valence-corrected chi connectivity index (χ2v) is 7.71. The van der Waals surface area contributed by atoms with Gasteiger partial charge < -0.3 is 15.0 Å². The number of nitrogens with one attached hydrogen (secondary N) is 1. The van der Waals surface area contributed by atoms with Crippen LogP contribution in [-0.2, 0) is 22.6 Å². The highest BCUT2D eigenvalue weighted by molar-refractivity contribution is 5.88. The lowest BCUT2D eigenvalue weighted by Gasteiger charge is -2.31. The number of aryl methyl sites for hydroxylation is 1. The Balaban J connectivity index is 1.85. The molecule has 3 aromatic carbocycles. The van der Waals surface area contributed by atoms with Crippen LogP contribution >= 0.6 is 0 Å². The quantitative estimate of drug-likeness (QED) is 0.526. The van der Waals surface area contributed by atoms with Gasteiger partial charge in [0.2, 0.25) is 5.91 Å². The third kappa shape index (κ3) is 6.71. The lowest BCUT2D eigenvalue weighted by atomic mass is 10.0. The van der Waals surface area contributed by atoms with E-state index >= 15 is 0 Å². The molecular formula is C27H30N2O3. The van der Waals surface area contributed by atoms with Crippen LogP contribution < -0.4 is 10.1 Å². The van der Waals surface area contributed by atoms with Crippen molar-refractivity contribution in [1.82, 2.24) is 10.2 Å². The Labute approximate surface area is 190 Å². The Morgan fingerprint density at radius 3 is 2.06 bits per heavy atom. The standard InChI is InChI=1S/C27H30N2O3/c1-3-28-27(31)25(18-22-10-6-4-7-11-22)29(19-23-12-8-5-9-13-23)26(30)20-32-24-16-14-21(2)15-17-24/h4-17,25H,3,18-20H2,1-2H3,(H,28,31)/t25-/m0/s1. The van der Waals surface area contributed by atoms with E-state index in [2.05, 4.69) is 5.32 Å². The maximum atomic E-state index is 13.3. The lowest BCUT2D eigenvalue weighted by Crippen LogP contribution is -2.51. The van der Waals surface area contributed by atoms with Gasteiger partial charge in [-0.3, -0.25) is 9.59 Å². The van der Waals surface area contributed by atoms with Gasteiger partial charge in [-0.1, -0.05) is 78.4 Å². The summed E-state index contributed by atoms with van der Waals surface area (Å²) >= 11 is 0. The molecule has 5 heteroatoms. The molecule has 0 spiro atoms. The summed E-state index contributed by atoms with van der Waals surface area (Å²) in [6.07, 6.45) is 0.426. The van der Waals surface area contributed by atoms with Crippen molar-refractivity contribution in [3.05, 3.63) is 102 Å². The summed E-state index contributed by atoms with van der Waals surface area (Å²) in [7, 11) is 0. The molecule has 166 valence electrons. The maximum absolute atomic E-state index is 13.3. The molecule has 0 saturated heterocycles. The van der Waals surface area contributed by atoms with Gasteiger partial charge in [0, 0.05) is 19.5 Å². The van der Waals surface area contributed by atoms with Crippen LogP contribution in [0.2, 0.25) is 0 Å². The first kappa shape index (κ1) is 23.1. The third-order valence-electron chi connectivity index (χ3n) is 5.20. The number of carbonyl (C=O) groups excluding carboxylic acids is 2. The maximum Gasteiger partial charge on any atom is 0.261 e. The molecule has 0 aliphatic carbocycles. The molecule has 32 heavy (non-hydrogen) atoms. The van der Waals surface area contributed by atoms with Crippen molar-refractivity contribution in [1.29, 1.82) is 0 Å². The van der Waals surface area contributed by atoms with E-state index in [1.807, 2.05) is 98.8 Å². The zero-order chi connectivity index (χ0) is 22.8. The SMILES string of the molecule is CCNC(=O)[C@H](Cc1ccccc1)N(Cc1ccccc1)C(=O)COc1ccc(C)cc1. The average molecular weight is 431 g/mol.